The number of hydrogen-bond donors (Lipinski definition) is 2. The van der Waals surface area contributed by atoms with E-state index in [1.807, 2.05) is 0 Å². The van der Waals surface area contributed by atoms with E-state index in [-0.39, 0.29) is 22.7 Å². The van der Waals surface area contributed by atoms with Crippen molar-refractivity contribution in [3.8, 4) is 0 Å². The summed E-state index contributed by atoms with van der Waals surface area (Å²) in [5, 5.41) is 23.3. The van der Waals surface area contributed by atoms with Gasteiger partial charge in [-0.1, -0.05) is 20.3 Å². The number of aromatic carboxylic acids is 1. The van der Waals surface area contributed by atoms with E-state index in [0.29, 0.717) is 5.69 Å². The van der Waals surface area contributed by atoms with E-state index in [4.69, 9.17) is 0 Å². The summed E-state index contributed by atoms with van der Waals surface area (Å²) < 4.78 is 0. The molecule has 2 N–H and O–H groups in total. The van der Waals surface area contributed by atoms with Crippen molar-refractivity contribution < 1.29 is 14.8 Å². The molecule has 0 radical (unpaired) electrons. The van der Waals surface area contributed by atoms with Crippen LogP contribution < -0.4 is 5.32 Å². The molecular weight excluding hydrogens is 272 g/mol. The molecule has 0 amide bonds. The lowest BCUT2D eigenvalue weighted by molar-refractivity contribution is -0.384. The van der Waals surface area contributed by atoms with Crippen LogP contribution in [0.25, 0.3) is 0 Å². The standard InChI is InChI=1S/C15H20N2O4/c1-15(2)7-3-4-10(9-15)16-13-8-11(17(20)21)5-6-12(13)14(18)19/h5-6,8,10,16H,3-4,7,9H2,1-2H3,(H,18,19). The van der Waals surface area contributed by atoms with Crippen molar-refractivity contribution in [3.05, 3.63) is 33.9 Å². The molecule has 1 unspecified atom stereocenters. The van der Waals surface area contributed by atoms with Crippen LogP contribution in [0, 0.1) is 15.5 Å². The average Bonchev–Trinajstić information content (AvgIpc) is 2.37. The van der Waals surface area contributed by atoms with Gasteiger partial charge in [-0.25, -0.2) is 4.79 Å². The Hall–Kier alpha value is -2.11. The zero-order chi connectivity index (χ0) is 15.6. The fourth-order valence-electron chi connectivity index (χ4n) is 2.99. The second-order valence-electron chi connectivity index (χ2n) is 6.39. The van der Waals surface area contributed by atoms with E-state index in [9.17, 15) is 20.0 Å². The molecule has 1 aliphatic carbocycles. The Morgan fingerprint density at radius 2 is 2.19 bits per heavy atom. The van der Waals surface area contributed by atoms with Crippen LogP contribution in [0.5, 0.6) is 0 Å². The number of nitrogens with one attached hydrogen (secondary N) is 1. The highest BCUT2D eigenvalue weighted by Gasteiger charge is 2.29. The number of nitro benzene ring substituents is 1. The van der Waals surface area contributed by atoms with E-state index in [1.54, 1.807) is 0 Å². The third-order valence-electron chi connectivity index (χ3n) is 4.01. The Balaban J connectivity index is 2.26. The molecule has 1 saturated carbocycles. The molecular formula is C15H20N2O4. The highest BCUT2D eigenvalue weighted by atomic mass is 16.6. The minimum Gasteiger partial charge on any atom is -0.478 e. The van der Waals surface area contributed by atoms with Crippen LogP contribution >= 0.6 is 0 Å². The highest BCUT2D eigenvalue weighted by Crippen LogP contribution is 2.37. The molecule has 1 fully saturated rings. The van der Waals surface area contributed by atoms with Gasteiger partial charge in [0.2, 0.25) is 0 Å². The number of carboxylic acids is 1. The molecule has 6 nitrogen and oxygen atoms in total. The number of non-ortho nitro benzene ring substituents is 1. The first kappa shape index (κ1) is 15.3. The van der Waals surface area contributed by atoms with Gasteiger partial charge in [0.25, 0.3) is 5.69 Å². The summed E-state index contributed by atoms with van der Waals surface area (Å²) in [6, 6.07) is 3.97. The van der Waals surface area contributed by atoms with E-state index >= 15 is 0 Å². The smallest absolute Gasteiger partial charge is 0.337 e. The first-order chi connectivity index (χ1) is 9.78. The number of carbonyl (C=O) groups is 1. The van der Waals surface area contributed by atoms with Crippen LogP contribution in [0.1, 0.15) is 49.9 Å². The summed E-state index contributed by atoms with van der Waals surface area (Å²) >= 11 is 0. The maximum absolute atomic E-state index is 11.3. The van der Waals surface area contributed by atoms with Crippen LogP contribution in [-0.4, -0.2) is 22.0 Å². The molecule has 0 aliphatic heterocycles. The molecule has 0 aromatic heterocycles. The highest BCUT2D eigenvalue weighted by molar-refractivity contribution is 5.94. The summed E-state index contributed by atoms with van der Waals surface area (Å²) in [6.45, 7) is 4.37. The Labute approximate surface area is 123 Å². The van der Waals surface area contributed by atoms with Crippen molar-refractivity contribution >= 4 is 17.3 Å². The van der Waals surface area contributed by atoms with Crippen molar-refractivity contribution in [2.24, 2.45) is 5.41 Å². The van der Waals surface area contributed by atoms with Gasteiger partial charge in [0.05, 0.1) is 16.2 Å². The summed E-state index contributed by atoms with van der Waals surface area (Å²) in [6.07, 6.45) is 4.09. The number of anilines is 1. The largest absolute Gasteiger partial charge is 0.478 e. The molecule has 0 saturated heterocycles. The molecule has 2 rings (SSSR count). The van der Waals surface area contributed by atoms with Crippen LogP contribution in [0.3, 0.4) is 0 Å². The third-order valence-corrected chi connectivity index (χ3v) is 4.01. The molecule has 114 valence electrons. The van der Waals surface area contributed by atoms with Gasteiger partial charge < -0.3 is 10.4 Å². The topological polar surface area (TPSA) is 92.5 Å². The molecule has 1 aromatic carbocycles. The van der Waals surface area contributed by atoms with Crippen molar-refractivity contribution in [3.63, 3.8) is 0 Å². The summed E-state index contributed by atoms with van der Waals surface area (Å²) in [5.41, 5.74) is 0.515. The Morgan fingerprint density at radius 3 is 2.76 bits per heavy atom. The van der Waals surface area contributed by atoms with Gasteiger partial charge in [0, 0.05) is 18.2 Å². The molecule has 0 spiro atoms. The third kappa shape index (κ3) is 3.71. The second-order valence-corrected chi connectivity index (χ2v) is 6.39. The van der Waals surface area contributed by atoms with Crippen molar-refractivity contribution in [1.82, 2.24) is 0 Å². The van der Waals surface area contributed by atoms with Crippen LogP contribution in [0.15, 0.2) is 18.2 Å². The Morgan fingerprint density at radius 1 is 1.48 bits per heavy atom. The van der Waals surface area contributed by atoms with Crippen LogP contribution in [0.4, 0.5) is 11.4 Å². The monoisotopic (exact) mass is 292 g/mol. The number of nitrogens with zero attached hydrogens (tertiary/aromatic N) is 1. The van der Waals surface area contributed by atoms with Crippen molar-refractivity contribution in [1.29, 1.82) is 0 Å². The normalized spacial score (nSPS) is 20.8. The molecule has 1 atom stereocenters. The number of benzene rings is 1. The number of rotatable bonds is 4. The molecule has 1 aromatic rings. The fraction of sp³-hybridized carbons (Fsp3) is 0.533. The maximum atomic E-state index is 11.3. The molecule has 0 heterocycles. The summed E-state index contributed by atoms with van der Waals surface area (Å²) in [4.78, 5) is 21.6. The quantitative estimate of drug-likeness (QED) is 0.652. The maximum Gasteiger partial charge on any atom is 0.337 e. The molecule has 1 aliphatic rings. The number of hydrogen-bond acceptors (Lipinski definition) is 4. The molecule has 0 bridgehead atoms. The molecule has 6 heteroatoms. The predicted octanol–water partition coefficient (Wildman–Crippen LogP) is 3.67. The van der Waals surface area contributed by atoms with E-state index in [1.165, 1.54) is 18.2 Å². The van der Waals surface area contributed by atoms with Gasteiger partial charge in [-0.2, -0.15) is 0 Å². The summed E-state index contributed by atoms with van der Waals surface area (Å²) in [5.74, 6) is -1.08. The summed E-state index contributed by atoms with van der Waals surface area (Å²) in [7, 11) is 0. The second kappa shape index (κ2) is 5.71. The van der Waals surface area contributed by atoms with E-state index in [2.05, 4.69) is 19.2 Å². The average molecular weight is 292 g/mol. The Bertz CT molecular complexity index is 569. The SMILES string of the molecule is CC1(C)CCCC(Nc2cc([N+](=O)[O-])ccc2C(=O)O)C1. The van der Waals surface area contributed by atoms with Gasteiger partial charge in [0.15, 0.2) is 0 Å². The lowest BCUT2D eigenvalue weighted by Crippen LogP contribution is -2.32. The minimum atomic E-state index is -1.08. The van der Waals surface area contributed by atoms with E-state index in [0.717, 1.165) is 25.7 Å². The van der Waals surface area contributed by atoms with Gasteiger partial charge in [-0.15, -0.1) is 0 Å². The van der Waals surface area contributed by atoms with Gasteiger partial charge in [-0.3, -0.25) is 10.1 Å². The number of carboxylic acid groups (broad SMARTS) is 1. The lowest BCUT2D eigenvalue weighted by atomic mass is 9.75. The van der Waals surface area contributed by atoms with Crippen LogP contribution in [0.2, 0.25) is 0 Å². The zero-order valence-corrected chi connectivity index (χ0v) is 12.3. The Kier molecular flexibility index (Phi) is 4.16. The van der Waals surface area contributed by atoms with Crippen molar-refractivity contribution in [2.45, 2.75) is 45.6 Å². The number of nitro groups is 1. The van der Waals surface area contributed by atoms with Gasteiger partial charge in [-0.05, 0) is 30.7 Å². The van der Waals surface area contributed by atoms with Gasteiger partial charge in [0.1, 0.15) is 0 Å². The fourth-order valence-corrected chi connectivity index (χ4v) is 2.99. The lowest BCUT2D eigenvalue weighted by Gasteiger charge is -2.36. The minimum absolute atomic E-state index is 0.0731. The first-order valence-electron chi connectivity index (χ1n) is 7.07. The van der Waals surface area contributed by atoms with Crippen LogP contribution in [-0.2, 0) is 0 Å². The van der Waals surface area contributed by atoms with Crippen molar-refractivity contribution in [2.75, 3.05) is 5.32 Å². The predicted molar refractivity (Wildman–Crippen MR) is 79.7 cm³/mol. The molecule has 21 heavy (non-hydrogen) atoms. The van der Waals surface area contributed by atoms with E-state index < -0.39 is 10.9 Å². The van der Waals surface area contributed by atoms with Gasteiger partial charge >= 0.3 is 5.97 Å². The first-order valence-corrected chi connectivity index (χ1v) is 7.07. The zero-order valence-electron chi connectivity index (χ0n) is 12.3.